The van der Waals surface area contributed by atoms with Crippen LogP contribution >= 0.6 is 11.6 Å². The Kier molecular flexibility index (Phi) is 7.83. The molecule has 162 valence electrons. The van der Waals surface area contributed by atoms with Crippen LogP contribution in [0.4, 0.5) is 13.2 Å². The Morgan fingerprint density at radius 3 is 2.23 bits per heavy atom. The molecule has 1 amide bonds. The van der Waals surface area contributed by atoms with E-state index in [1.165, 1.54) is 0 Å². The van der Waals surface area contributed by atoms with E-state index in [0.29, 0.717) is 0 Å². The van der Waals surface area contributed by atoms with Crippen LogP contribution in [-0.2, 0) is 28.6 Å². The van der Waals surface area contributed by atoms with Crippen molar-refractivity contribution in [2.45, 2.75) is 37.2 Å². The molecular formula is C20H20ClF3N2O4. The Bertz CT molecular complexity index is 893. The van der Waals surface area contributed by atoms with Gasteiger partial charge < -0.3 is 21.3 Å². The second kappa shape index (κ2) is 9.92. The third-order valence-electron chi connectivity index (χ3n) is 4.38. The average molecular weight is 445 g/mol. The molecule has 30 heavy (non-hydrogen) atoms. The Hall–Kier alpha value is -2.62. The van der Waals surface area contributed by atoms with Crippen LogP contribution in [-0.4, -0.2) is 40.3 Å². The van der Waals surface area contributed by atoms with Crippen LogP contribution in [0.25, 0.3) is 0 Å². The van der Waals surface area contributed by atoms with Gasteiger partial charge in [-0.25, -0.2) is 4.79 Å². The minimum absolute atomic E-state index is 0.170. The van der Waals surface area contributed by atoms with E-state index in [1.807, 2.05) is 0 Å². The van der Waals surface area contributed by atoms with Gasteiger partial charge in [-0.1, -0.05) is 48.0 Å². The van der Waals surface area contributed by atoms with E-state index in [9.17, 15) is 33.0 Å². The lowest BCUT2D eigenvalue weighted by Gasteiger charge is -2.21. The van der Waals surface area contributed by atoms with E-state index in [4.69, 9.17) is 17.3 Å². The third-order valence-corrected chi connectivity index (χ3v) is 4.69. The van der Waals surface area contributed by atoms with Crippen molar-refractivity contribution in [3.05, 3.63) is 70.2 Å². The van der Waals surface area contributed by atoms with Crippen molar-refractivity contribution in [2.75, 3.05) is 0 Å². The molecule has 10 heteroatoms. The highest BCUT2D eigenvalue weighted by Gasteiger charge is 2.33. The second-order valence-electron chi connectivity index (χ2n) is 6.71. The van der Waals surface area contributed by atoms with Gasteiger partial charge >= 0.3 is 12.1 Å². The molecule has 0 saturated heterocycles. The Balaban J connectivity index is 2.05. The fraction of sp³-hybridized carbons (Fsp3) is 0.300. The number of carboxylic acids is 1. The number of aliphatic hydroxyl groups excluding tert-OH is 1. The Morgan fingerprint density at radius 1 is 1.07 bits per heavy atom. The molecule has 0 unspecified atom stereocenters. The molecule has 2 aromatic carbocycles. The number of nitrogens with two attached hydrogens (primary N) is 1. The summed E-state index contributed by atoms with van der Waals surface area (Å²) in [5.74, 6) is -2.42. The van der Waals surface area contributed by atoms with Crippen LogP contribution in [0.15, 0.2) is 48.5 Å². The SMILES string of the molecule is N[C@H](Cc1ccccc1)[C@H](O)C(=O)N[C@@H](Cc1ccc(C(F)(F)F)c(Cl)c1)C(=O)O. The quantitative estimate of drug-likeness (QED) is 0.499. The normalized spacial score (nSPS) is 14.6. The lowest BCUT2D eigenvalue weighted by atomic mass is 10.0. The molecule has 0 saturated carbocycles. The zero-order valence-electron chi connectivity index (χ0n) is 15.6. The molecule has 5 N–H and O–H groups in total. The van der Waals surface area contributed by atoms with Gasteiger partial charge in [0.05, 0.1) is 10.6 Å². The topological polar surface area (TPSA) is 113 Å². The minimum atomic E-state index is -4.64. The van der Waals surface area contributed by atoms with Crippen LogP contribution in [0.2, 0.25) is 5.02 Å². The zero-order chi connectivity index (χ0) is 22.5. The highest BCUT2D eigenvalue weighted by atomic mass is 35.5. The summed E-state index contributed by atoms with van der Waals surface area (Å²) in [4.78, 5) is 23.7. The van der Waals surface area contributed by atoms with Gasteiger partial charge in [0.1, 0.15) is 12.1 Å². The van der Waals surface area contributed by atoms with Gasteiger partial charge in [-0.05, 0) is 29.7 Å². The fourth-order valence-corrected chi connectivity index (χ4v) is 3.11. The van der Waals surface area contributed by atoms with Crippen LogP contribution in [0.1, 0.15) is 16.7 Å². The summed E-state index contributed by atoms with van der Waals surface area (Å²) in [6, 6.07) is 9.18. The maximum atomic E-state index is 12.8. The molecule has 0 aliphatic rings. The third kappa shape index (κ3) is 6.45. The van der Waals surface area contributed by atoms with Gasteiger partial charge in [-0.2, -0.15) is 13.2 Å². The summed E-state index contributed by atoms with van der Waals surface area (Å²) in [6.45, 7) is 0. The number of nitrogens with one attached hydrogen (secondary N) is 1. The number of hydrogen-bond acceptors (Lipinski definition) is 4. The molecule has 0 bridgehead atoms. The van der Waals surface area contributed by atoms with Crippen molar-refractivity contribution in [1.82, 2.24) is 5.32 Å². The monoisotopic (exact) mass is 444 g/mol. The van der Waals surface area contributed by atoms with E-state index in [0.717, 1.165) is 23.8 Å². The summed E-state index contributed by atoms with van der Waals surface area (Å²) in [6.07, 6.45) is -6.47. The Morgan fingerprint density at radius 2 is 1.70 bits per heavy atom. The lowest BCUT2D eigenvalue weighted by molar-refractivity contribution is -0.143. The first kappa shape index (κ1) is 23.7. The van der Waals surface area contributed by atoms with E-state index < -0.39 is 46.8 Å². The maximum Gasteiger partial charge on any atom is 0.417 e. The standard InChI is InChI=1S/C20H20ClF3N2O4/c21-14-8-12(6-7-13(14)20(22,23)24)10-16(19(29)30)26-18(28)17(27)15(25)9-11-4-2-1-3-5-11/h1-8,15-17,27H,9-10,25H2,(H,26,28)(H,29,30)/t15-,16+,17+/m1/s1. The van der Waals surface area contributed by atoms with Gasteiger partial charge in [-0.3, -0.25) is 4.79 Å². The largest absolute Gasteiger partial charge is 0.480 e. The maximum absolute atomic E-state index is 12.8. The molecule has 0 fully saturated rings. The van der Waals surface area contributed by atoms with Crippen molar-refractivity contribution in [3.63, 3.8) is 0 Å². The van der Waals surface area contributed by atoms with E-state index in [2.05, 4.69) is 5.32 Å². The number of rotatable bonds is 8. The molecule has 0 heterocycles. The smallest absolute Gasteiger partial charge is 0.417 e. The first-order valence-corrected chi connectivity index (χ1v) is 9.23. The first-order valence-electron chi connectivity index (χ1n) is 8.85. The predicted molar refractivity (Wildman–Crippen MR) is 104 cm³/mol. The van der Waals surface area contributed by atoms with Gasteiger partial charge in [-0.15, -0.1) is 0 Å². The molecule has 0 aliphatic carbocycles. The number of carboxylic acid groups (broad SMARTS) is 1. The van der Waals surface area contributed by atoms with Gasteiger partial charge in [0.2, 0.25) is 0 Å². The zero-order valence-corrected chi connectivity index (χ0v) is 16.3. The number of aliphatic hydroxyl groups is 1. The predicted octanol–water partition coefficient (Wildman–Crippen LogP) is 2.40. The number of benzene rings is 2. The van der Waals surface area contributed by atoms with Crippen LogP contribution in [0.3, 0.4) is 0 Å². The summed E-state index contributed by atoms with van der Waals surface area (Å²) < 4.78 is 38.4. The number of carbonyl (C=O) groups excluding carboxylic acids is 1. The van der Waals surface area contributed by atoms with Gasteiger partial charge in [0, 0.05) is 12.5 Å². The number of carbonyl (C=O) groups is 2. The van der Waals surface area contributed by atoms with Gasteiger partial charge in [0.15, 0.2) is 0 Å². The van der Waals surface area contributed by atoms with Crippen molar-refractivity contribution in [3.8, 4) is 0 Å². The molecular weight excluding hydrogens is 425 g/mol. The van der Waals surface area contributed by atoms with Gasteiger partial charge in [0.25, 0.3) is 5.91 Å². The molecule has 6 nitrogen and oxygen atoms in total. The first-order chi connectivity index (χ1) is 14.0. The number of hydrogen-bond donors (Lipinski definition) is 4. The minimum Gasteiger partial charge on any atom is -0.480 e. The molecule has 0 aliphatic heterocycles. The molecule has 0 aromatic heterocycles. The summed E-state index contributed by atoms with van der Waals surface area (Å²) in [5, 5.41) is 21.1. The summed E-state index contributed by atoms with van der Waals surface area (Å²) >= 11 is 5.64. The van der Waals surface area contributed by atoms with E-state index >= 15 is 0 Å². The number of alkyl halides is 3. The number of amides is 1. The van der Waals surface area contributed by atoms with Crippen molar-refractivity contribution in [2.24, 2.45) is 5.73 Å². The molecule has 3 atom stereocenters. The summed E-state index contributed by atoms with van der Waals surface area (Å²) in [7, 11) is 0. The highest BCUT2D eigenvalue weighted by Crippen LogP contribution is 2.35. The fourth-order valence-electron chi connectivity index (χ4n) is 2.80. The summed E-state index contributed by atoms with van der Waals surface area (Å²) in [5.41, 5.74) is 5.75. The van der Waals surface area contributed by atoms with Crippen LogP contribution < -0.4 is 11.1 Å². The van der Waals surface area contributed by atoms with Crippen molar-refractivity contribution < 1.29 is 33.0 Å². The van der Waals surface area contributed by atoms with Crippen molar-refractivity contribution >= 4 is 23.5 Å². The van der Waals surface area contributed by atoms with Crippen LogP contribution in [0, 0.1) is 0 Å². The lowest BCUT2D eigenvalue weighted by Crippen LogP contribution is -2.52. The Labute approximate surface area is 175 Å². The molecule has 0 radical (unpaired) electrons. The molecule has 0 spiro atoms. The van der Waals surface area contributed by atoms with E-state index in [1.54, 1.807) is 30.3 Å². The van der Waals surface area contributed by atoms with E-state index in [-0.39, 0.29) is 18.4 Å². The average Bonchev–Trinajstić information content (AvgIpc) is 2.66. The number of aliphatic carboxylic acids is 1. The second-order valence-corrected chi connectivity index (χ2v) is 7.12. The molecule has 2 rings (SSSR count). The van der Waals surface area contributed by atoms with Crippen LogP contribution in [0.5, 0.6) is 0 Å². The number of halogens is 4. The molecule has 2 aromatic rings. The van der Waals surface area contributed by atoms with Crippen molar-refractivity contribution in [1.29, 1.82) is 0 Å². The highest BCUT2D eigenvalue weighted by molar-refractivity contribution is 6.31.